The molecule has 0 radical (unpaired) electrons. The predicted molar refractivity (Wildman–Crippen MR) is 82.7 cm³/mol. The third-order valence-electron chi connectivity index (χ3n) is 3.35. The smallest absolute Gasteiger partial charge is 0.126 e. The highest BCUT2D eigenvalue weighted by Crippen LogP contribution is 2.25. The summed E-state index contributed by atoms with van der Waals surface area (Å²) in [6.45, 7) is 10.6. The normalized spacial score (nSPS) is 11.2. The highest BCUT2D eigenvalue weighted by atomic mass is 16.5. The maximum absolute atomic E-state index is 9.00. The van der Waals surface area contributed by atoms with E-state index < -0.39 is 0 Å². The van der Waals surface area contributed by atoms with Crippen molar-refractivity contribution in [2.45, 2.75) is 47.1 Å². The fourth-order valence-electron chi connectivity index (χ4n) is 2.06. The minimum atomic E-state index is -0.262. The summed E-state index contributed by atoms with van der Waals surface area (Å²) in [5, 5.41) is 12.3. The quantitative estimate of drug-likeness (QED) is 0.733. The van der Waals surface area contributed by atoms with E-state index in [9.17, 15) is 0 Å². The first kappa shape index (κ1) is 16.5. The van der Waals surface area contributed by atoms with Gasteiger partial charge in [0, 0.05) is 12.1 Å². The van der Waals surface area contributed by atoms with E-state index >= 15 is 0 Å². The van der Waals surface area contributed by atoms with Crippen molar-refractivity contribution in [1.82, 2.24) is 5.32 Å². The lowest BCUT2D eigenvalue weighted by Crippen LogP contribution is -2.14. The van der Waals surface area contributed by atoms with Gasteiger partial charge in [0.1, 0.15) is 5.75 Å². The van der Waals surface area contributed by atoms with Crippen LogP contribution in [0.15, 0.2) is 18.2 Å². The second kappa shape index (κ2) is 7.91. The summed E-state index contributed by atoms with van der Waals surface area (Å²) in [4.78, 5) is 0. The lowest BCUT2D eigenvalue weighted by molar-refractivity contribution is 0.280. The summed E-state index contributed by atoms with van der Waals surface area (Å²) in [5.41, 5.74) is 2.10. The monoisotopic (exact) mass is 274 g/mol. The molecule has 0 heterocycles. The van der Waals surface area contributed by atoms with E-state index in [1.165, 1.54) is 11.1 Å². The van der Waals surface area contributed by atoms with Gasteiger partial charge in [0.2, 0.25) is 0 Å². The highest BCUT2D eigenvalue weighted by molar-refractivity contribution is 5.40. The van der Waals surface area contributed by atoms with E-state index in [2.05, 4.69) is 43.4 Å². The summed E-state index contributed by atoms with van der Waals surface area (Å²) < 4.78 is 5.96. The molecule has 0 unspecified atom stereocenters. The molecular formula is C17H26N2O. The second-order valence-corrected chi connectivity index (χ2v) is 5.79. The summed E-state index contributed by atoms with van der Waals surface area (Å²) in [5.74, 6) is 0.989. The molecule has 0 amide bonds. The first-order valence-electron chi connectivity index (χ1n) is 7.33. The number of aryl methyl sites for hydroxylation is 1. The van der Waals surface area contributed by atoms with Gasteiger partial charge in [-0.15, -0.1) is 0 Å². The van der Waals surface area contributed by atoms with E-state index in [0.717, 1.165) is 31.7 Å². The van der Waals surface area contributed by atoms with E-state index in [0.29, 0.717) is 6.61 Å². The lowest BCUT2D eigenvalue weighted by Gasteiger charge is -2.17. The van der Waals surface area contributed by atoms with Crippen molar-refractivity contribution in [2.75, 3.05) is 13.2 Å². The molecule has 3 nitrogen and oxygen atoms in total. The molecule has 0 saturated carbocycles. The van der Waals surface area contributed by atoms with Crippen LogP contribution in [0.3, 0.4) is 0 Å². The van der Waals surface area contributed by atoms with Crippen molar-refractivity contribution in [3.63, 3.8) is 0 Å². The Kier molecular flexibility index (Phi) is 6.54. The fraction of sp³-hybridized carbons (Fsp3) is 0.588. The van der Waals surface area contributed by atoms with Crippen molar-refractivity contribution < 1.29 is 4.74 Å². The molecule has 3 heteroatoms. The average molecular weight is 274 g/mol. The maximum Gasteiger partial charge on any atom is 0.126 e. The highest BCUT2D eigenvalue weighted by Gasteiger charge is 2.16. The summed E-state index contributed by atoms with van der Waals surface area (Å²) in [6.07, 6.45) is 1.76. The SMILES string of the molecule is CCNCc1cccc(C)c1OCCCC(C)(C)C#N. The molecule has 0 aliphatic carbocycles. The number of nitrogens with one attached hydrogen (secondary N) is 1. The zero-order chi connectivity index (χ0) is 15.0. The van der Waals surface area contributed by atoms with Gasteiger partial charge in [-0.1, -0.05) is 25.1 Å². The van der Waals surface area contributed by atoms with Crippen molar-refractivity contribution >= 4 is 0 Å². The number of para-hydroxylation sites is 1. The molecule has 0 saturated heterocycles. The van der Waals surface area contributed by atoms with Crippen LogP contribution in [0.1, 0.15) is 44.7 Å². The van der Waals surface area contributed by atoms with E-state index in [-0.39, 0.29) is 5.41 Å². The molecule has 0 aromatic heterocycles. The van der Waals surface area contributed by atoms with Crippen molar-refractivity contribution in [3.05, 3.63) is 29.3 Å². The molecule has 0 spiro atoms. The Bertz CT molecular complexity index is 461. The van der Waals surface area contributed by atoms with Crippen molar-refractivity contribution in [1.29, 1.82) is 5.26 Å². The number of rotatable bonds is 8. The van der Waals surface area contributed by atoms with Crippen LogP contribution in [0, 0.1) is 23.7 Å². The minimum absolute atomic E-state index is 0.262. The third-order valence-corrected chi connectivity index (χ3v) is 3.35. The van der Waals surface area contributed by atoms with Crippen molar-refractivity contribution in [2.24, 2.45) is 5.41 Å². The second-order valence-electron chi connectivity index (χ2n) is 5.79. The Morgan fingerprint density at radius 3 is 2.75 bits per heavy atom. The van der Waals surface area contributed by atoms with Crippen LogP contribution in [-0.2, 0) is 6.54 Å². The third kappa shape index (κ3) is 5.22. The topological polar surface area (TPSA) is 45.0 Å². The summed E-state index contributed by atoms with van der Waals surface area (Å²) in [6, 6.07) is 8.56. The molecule has 0 bridgehead atoms. The number of nitrogens with zero attached hydrogens (tertiary/aromatic N) is 1. The molecule has 1 N–H and O–H groups in total. The van der Waals surface area contributed by atoms with E-state index in [1.807, 2.05) is 13.8 Å². The molecule has 0 aliphatic rings. The summed E-state index contributed by atoms with van der Waals surface area (Å²) in [7, 11) is 0. The zero-order valence-corrected chi connectivity index (χ0v) is 13.1. The first-order chi connectivity index (χ1) is 9.50. The van der Waals surface area contributed by atoms with Crippen LogP contribution < -0.4 is 10.1 Å². The van der Waals surface area contributed by atoms with Gasteiger partial charge in [0.25, 0.3) is 0 Å². The largest absolute Gasteiger partial charge is 0.493 e. The minimum Gasteiger partial charge on any atom is -0.493 e. The van der Waals surface area contributed by atoms with Gasteiger partial charge >= 0.3 is 0 Å². The Balaban J connectivity index is 2.57. The van der Waals surface area contributed by atoms with Crippen LogP contribution in [0.25, 0.3) is 0 Å². The Labute approximate surface area is 123 Å². The Hall–Kier alpha value is -1.53. The maximum atomic E-state index is 9.00. The first-order valence-corrected chi connectivity index (χ1v) is 7.33. The van der Waals surface area contributed by atoms with Gasteiger partial charge < -0.3 is 10.1 Å². The molecule has 110 valence electrons. The lowest BCUT2D eigenvalue weighted by atomic mass is 9.90. The molecule has 20 heavy (non-hydrogen) atoms. The van der Waals surface area contributed by atoms with Crippen molar-refractivity contribution in [3.8, 4) is 11.8 Å². The van der Waals surface area contributed by atoms with Crippen LogP contribution in [0.2, 0.25) is 0 Å². The molecule has 1 aromatic carbocycles. The summed E-state index contributed by atoms with van der Waals surface area (Å²) >= 11 is 0. The average Bonchev–Trinajstić information content (AvgIpc) is 2.43. The Morgan fingerprint density at radius 1 is 1.35 bits per heavy atom. The van der Waals surface area contributed by atoms with Gasteiger partial charge in [-0.2, -0.15) is 5.26 Å². The number of nitriles is 1. The standard InChI is InChI=1S/C17H26N2O/c1-5-19-12-15-9-6-8-14(2)16(15)20-11-7-10-17(3,4)13-18/h6,8-9,19H,5,7,10-12H2,1-4H3. The number of hydrogen-bond acceptors (Lipinski definition) is 3. The predicted octanol–water partition coefficient (Wildman–Crippen LogP) is 3.81. The zero-order valence-electron chi connectivity index (χ0n) is 13.1. The molecule has 1 aromatic rings. The van der Waals surface area contributed by atoms with E-state index in [4.69, 9.17) is 10.00 Å². The van der Waals surface area contributed by atoms with Gasteiger partial charge in [0.15, 0.2) is 0 Å². The molecule has 0 aliphatic heterocycles. The van der Waals surface area contributed by atoms with Gasteiger partial charge in [-0.05, 0) is 45.7 Å². The van der Waals surface area contributed by atoms with Gasteiger partial charge in [-0.3, -0.25) is 0 Å². The molecular weight excluding hydrogens is 248 g/mol. The van der Waals surface area contributed by atoms with Crippen LogP contribution >= 0.6 is 0 Å². The number of ether oxygens (including phenoxy) is 1. The van der Waals surface area contributed by atoms with Crippen LogP contribution in [0.5, 0.6) is 5.75 Å². The van der Waals surface area contributed by atoms with Crippen LogP contribution in [0.4, 0.5) is 0 Å². The number of hydrogen-bond donors (Lipinski definition) is 1. The number of benzene rings is 1. The molecule has 0 atom stereocenters. The fourth-order valence-corrected chi connectivity index (χ4v) is 2.06. The molecule has 0 fully saturated rings. The van der Waals surface area contributed by atoms with Gasteiger partial charge in [-0.25, -0.2) is 0 Å². The molecule has 1 rings (SSSR count). The van der Waals surface area contributed by atoms with Crippen LogP contribution in [-0.4, -0.2) is 13.2 Å². The van der Waals surface area contributed by atoms with E-state index in [1.54, 1.807) is 0 Å². The Morgan fingerprint density at radius 2 is 2.10 bits per heavy atom. The van der Waals surface area contributed by atoms with Gasteiger partial charge in [0.05, 0.1) is 18.1 Å².